The number of hydrogen-bond acceptors (Lipinski definition) is 3. The third kappa shape index (κ3) is 3.34. The summed E-state index contributed by atoms with van der Waals surface area (Å²) >= 11 is 3.90. The van der Waals surface area contributed by atoms with E-state index in [-0.39, 0.29) is 22.1 Å². The molecule has 4 heteroatoms. The van der Waals surface area contributed by atoms with Crippen molar-refractivity contribution in [2.75, 3.05) is 7.11 Å². The average molecular weight is 467 g/mol. The fraction of sp³-hybridized carbons (Fsp3) is 0.920. The fourth-order valence-corrected chi connectivity index (χ4v) is 9.78. The highest BCUT2D eigenvalue weighted by Gasteiger charge is 2.64. The molecule has 0 spiro atoms. The minimum Gasteiger partial charge on any atom is -0.469 e. The van der Waals surface area contributed by atoms with E-state index in [0.717, 1.165) is 6.42 Å². The van der Waals surface area contributed by atoms with Gasteiger partial charge in [-0.2, -0.15) is 0 Å². The summed E-state index contributed by atoms with van der Waals surface area (Å²) in [7, 11) is 1.48. The molecule has 0 aromatic heterocycles. The highest BCUT2D eigenvalue weighted by atomic mass is 79.9. The first-order chi connectivity index (χ1) is 13.7. The molecule has 0 N–H and O–H groups in total. The molecular weight excluding hydrogens is 428 g/mol. The van der Waals surface area contributed by atoms with Crippen LogP contribution in [-0.4, -0.2) is 23.7 Å². The van der Waals surface area contributed by atoms with Gasteiger partial charge in [0.2, 0.25) is 0 Å². The van der Waals surface area contributed by atoms with Gasteiger partial charge in [-0.05, 0) is 85.4 Å². The number of rotatable bonds is 4. The number of Topliss-reactive ketones (excluding diaryl/α,β-unsaturated/α-hetero) is 1. The molecule has 4 rings (SSSR count). The van der Waals surface area contributed by atoms with Gasteiger partial charge in [0.25, 0.3) is 0 Å². The first-order valence-electron chi connectivity index (χ1n) is 12.0. The summed E-state index contributed by atoms with van der Waals surface area (Å²) in [5, 5.41) is 0. The van der Waals surface area contributed by atoms with Gasteiger partial charge in [-0.25, -0.2) is 0 Å². The van der Waals surface area contributed by atoms with E-state index in [1.165, 1.54) is 58.5 Å². The maximum Gasteiger partial charge on any atom is 0.305 e. The summed E-state index contributed by atoms with van der Waals surface area (Å²) in [5.41, 5.74) is 0.581. The van der Waals surface area contributed by atoms with E-state index < -0.39 is 0 Å². The molecule has 0 saturated heterocycles. The molecule has 0 amide bonds. The topological polar surface area (TPSA) is 43.4 Å². The Labute approximate surface area is 185 Å². The van der Waals surface area contributed by atoms with Crippen molar-refractivity contribution in [1.82, 2.24) is 0 Å². The summed E-state index contributed by atoms with van der Waals surface area (Å²) < 4.78 is 4.86. The van der Waals surface area contributed by atoms with Gasteiger partial charge in [0, 0.05) is 12.3 Å². The summed E-state index contributed by atoms with van der Waals surface area (Å²) in [6.45, 7) is 7.32. The SMILES string of the molecule is COC(=O)CC[C@H](C)[C@H]1CCC2C3C(=O)[C@H](Br)[C@@H]4CCCC[C@]4(C)C3CC[C@@]21C. The molecule has 29 heavy (non-hydrogen) atoms. The van der Waals surface area contributed by atoms with E-state index in [1.54, 1.807) is 0 Å². The molecule has 164 valence electrons. The Kier molecular flexibility index (Phi) is 5.99. The number of esters is 1. The number of carbonyl (C=O) groups is 2. The van der Waals surface area contributed by atoms with Crippen LogP contribution in [0.3, 0.4) is 0 Å². The van der Waals surface area contributed by atoms with Crippen LogP contribution in [0, 0.1) is 46.3 Å². The van der Waals surface area contributed by atoms with E-state index in [4.69, 9.17) is 4.74 Å². The number of ketones is 1. The molecular formula is C25H39BrO3. The molecule has 0 aliphatic heterocycles. The molecule has 3 nitrogen and oxygen atoms in total. The second-order valence-electron chi connectivity index (χ2n) is 11.2. The van der Waals surface area contributed by atoms with Crippen molar-refractivity contribution in [3.05, 3.63) is 0 Å². The lowest BCUT2D eigenvalue weighted by Crippen LogP contribution is -2.60. The molecule has 3 unspecified atom stereocenters. The summed E-state index contributed by atoms with van der Waals surface area (Å²) in [6, 6.07) is 0. The molecule has 0 heterocycles. The lowest BCUT2D eigenvalue weighted by atomic mass is 9.44. The molecule has 4 aliphatic carbocycles. The van der Waals surface area contributed by atoms with Gasteiger partial charge in [0.1, 0.15) is 5.78 Å². The smallest absolute Gasteiger partial charge is 0.305 e. The van der Waals surface area contributed by atoms with Gasteiger partial charge in [-0.3, -0.25) is 9.59 Å². The van der Waals surface area contributed by atoms with Crippen LogP contribution in [0.15, 0.2) is 0 Å². The minimum absolute atomic E-state index is 0.0622. The minimum atomic E-state index is -0.0962. The molecule has 9 atom stereocenters. The van der Waals surface area contributed by atoms with Gasteiger partial charge in [0.15, 0.2) is 0 Å². The Bertz CT molecular complexity index is 662. The summed E-state index contributed by atoms with van der Waals surface area (Å²) in [5.74, 6) is 3.45. The van der Waals surface area contributed by atoms with Crippen molar-refractivity contribution in [3.63, 3.8) is 0 Å². The molecule has 0 aromatic carbocycles. The number of methoxy groups -OCH3 is 1. The predicted molar refractivity (Wildman–Crippen MR) is 119 cm³/mol. The van der Waals surface area contributed by atoms with Crippen molar-refractivity contribution >= 4 is 27.7 Å². The number of alkyl halides is 1. The van der Waals surface area contributed by atoms with E-state index >= 15 is 0 Å². The van der Waals surface area contributed by atoms with Crippen molar-refractivity contribution < 1.29 is 14.3 Å². The van der Waals surface area contributed by atoms with Gasteiger partial charge in [-0.15, -0.1) is 0 Å². The molecule has 4 aliphatic rings. The zero-order chi connectivity index (χ0) is 21.0. The largest absolute Gasteiger partial charge is 0.469 e. The average Bonchev–Trinajstić information content (AvgIpc) is 3.06. The van der Waals surface area contributed by atoms with Crippen LogP contribution in [0.4, 0.5) is 0 Å². The summed E-state index contributed by atoms with van der Waals surface area (Å²) in [4.78, 5) is 25.4. The van der Waals surface area contributed by atoms with Crippen LogP contribution >= 0.6 is 15.9 Å². The first-order valence-corrected chi connectivity index (χ1v) is 12.9. The van der Waals surface area contributed by atoms with Crippen LogP contribution in [0.25, 0.3) is 0 Å². The van der Waals surface area contributed by atoms with Crippen LogP contribution in [0.2, 0.25) is 0 Å². The zero-order valence-corrected chi connectivity index (χ0v) is 20.3. The normalized spacial score (nSPS) is 47.7. The van der Waals surface area contributed by atoms with Gasteiger partial charge < -0.3 is 4.74 Å². The highest BCUT2D eigenvalue weighted by Crippen LogP contribution is 2.68. The Morgan fingerprint density at radius 1 is 1.07 bits per heavy atom. The number of hydrogen-bond donors (Lipinski definition) is 0. The predicted octanol–water partition coefficient (Wildman–Crippen LogP) is 6.18. The number of carbonyl (C=O) groups excluding carboxylic acids is 2. The number of ether oxygens (including phenoxy) is 1. The van der Waals surface area contributed by atoms with Crippen LogP contribution in [0.1, 0.15) is 85.0 Å². The summed E-state index contributed by atoms with van der Waals surface area (Å²) in [6.07, 6.45) is 11.4. The third-order valence-electron chi connectivity index (χ3n) is 10.2. The van der Waals surface area contributed by atoms with Gasteiger partial charge in [0.05, 0.1) is 11.9 Å². The second kappa shape index (κ2) is 7.95. The number of fused-ring (bicyclic) bond motifs is 5. The lowest BCUT2D eigenvalue weighted by molar-refractivity contribution is -0.154. The second-order valence-corrected chi connectivity index (χ2v) is 12.2. The van der Waals surface area contributed by atoms with Crippen molar-refractivity contribution in [3.8, 4) is 0 Å². The molecule has 0 radical (unpaired) electrons. The molecule has 4 fully saturated rings. The molecule has 0 bridgehead atoms. The van der Waals surface area contributed by atoms with Crippen molar-refractivity contribution in [1.29, 1.82) is 0 Å². The van der Waals surface area contributed by atoms with Crippen molar-refractivity contribution in [2.24, 2.45) is 46.3 Å². The maximum atomic E-state index is 13.7. The lowest BCUT2D eigenvalue weighted by Gasteiger charge is -2.61. The first kappa shape index (κ1) is 21.8. The van der Waals surface area contributed by atoms with Crippen molar-refractivity contribution in [2.45, 2.75) is 89.8 Å². The third-order valence-corrected chi connectivity index (χ3v) is 11.3. The standard InChI is InChI=1S/C25H39BrO3/c1-15(8-11-20(27)29-4)16-9-10-17-21-18(12-14-25(16,17)3)24(2)13-6-5-7-19(24)22(26)23(21)28/h15-19,21-22H,5-14H2,1-4H3/t15-,16+,17?,18?,19-,21?,22+,24+,25+/m0/s1. The van der Waals surface area contributed by atoms with Crippen LogP contribution in [-0.2, 0) is 14.3 Å². The molecule has 4 saturated carbocycles. The highest BCUT2D eigenvalue weighted by molar-refractivity contribution is 9.10. The van der Waals surface area contributed by atoms with E-state index in [0.29, 0.717) is 47.2 Å². The Morgan fingerprint density at radius 3 is 2.52 bits per heavy atom. The van der Waals surface area contributed by atoms with Gasteiger partial charge in [-0.1, -0.05) is 49.5 Å². The van der Waals surface area contributed by atoms with Gasteiger partial charge >= 0.3 is 5.97 Å². The van der Waals surface area contributed by atoms with E-state index in [1.807, 2.05) is 0 Å². The maximum absolute atomic E-state index is 13.7. The van der Waals surface area contributed by atoms with E-state index in [2.05, 4.69) is 36.7 Å². The van der Waals surface area contributed by atoms with Crippen LogP contribution < -0.4 is 0 Å². The Hall–Kier alpha value is -0.380. The monoisotopic (exact) mass is 466 g/mol. The zero-order valence-electron chi connectivity index (χ0n) is 18.7. The fourth-order valence-electron chi connectivity index (χ4n) is 8.61. The quantitative estimate of drug-likeness (QED) is 0.367. The molecule has 0 aromatic rings. The van der Waals surface area contributed by atoms with Crippen LogP contribution in [0.5, 0.6) is 0 Å². The van der Waals surface area contributed by atoms with E-state index in [9.17, 15) is 9.59 Å². The Morgan fingerprint density at radius 2 is 1.79 bits per heavy atom. The Balaban J connectivity index is 1.57. The number of halogens is 1.